The molecule has 0 atom stereocenters. The Morgan fingerprint density at radius 2 is 1.67 bits per heavy atom. The molecule has 8 heteroatoms. The summed E-state index contributed by atoms with van der Waals surface area (Å²) >= 11 is 1.39. The molecule has 0 unspecified atom stereocenters. The van der Waals surface area contributed by atoms with Gasteiger partial charge in [0.05, 0.1) is 6.26 Å². The van der Waals surface area contributed by atoms with Crippen molar-refractivity contribution in [3.8, 4) is 0 Å². The lowest BCUT2D eigenvalue weighted by molar-refractivity contribution is 0.0977. The molecule has 1 aromatic heterocycles. The van der Waals surface area contributed by atoms with Gasteiger partial charge >= 0.3 is 0 Å². The summed E-state index contributed by atoms with van der Waals surface area (Å²) in [5, 5.41) is 3.10. The van der Waals surface area contributed by atoms with Crippen LogP contribution in [0.2, 0.25) is 0 Å². The van der Waals surface area contributed by atoms with Gasteiger partial charge in [-0.05, 0) is 35.2 Å². The molecule has 3 aromatic carbocycles. The van der Waals surface area contributed by atoms with Crippen molar-refractivity contribution in [1.82, 2.24) is 9.71 Å². The summed E-state index contributed by atoms with van der Waals surface area (Å²) in [5.41, 5.74) is 2.49. The smallest absolute Gasteiger partial charge is 0.284 e. The molecule has 4 rings (SSSR count). The molecule has 0 saturated heterocycles. The number of nitrogens with zero attached hydrogens (tertiary/aromatic N) is 2. The number of aryl methyl sites for hydroxylation is 1. The summed E-state index contributed by atoms with van der Waals surface area (Å²) in [7, 11) is -3.66. The van der Waals surface area contributed by atoms with Crippen LogP contribution in [0.1, 0.15) is 26.5 Å². The van der Waals surface area contributed by atoms with Gasteiger partial charge in [0.15, 0.2) is 5.13 Å². The molecule has 1 heterocycles. The van der Waals surface area contributed by atoms with Gasteiger partial charge in [-0.2, -0.15) is 0 Å². The van der Waals surface area contributed by atoms with Gasteiger partial charge in [0, 0.05) is 18.0 Å². The molecule has 6 nitrogen and oxygen atoms in total. The normalized spacial score (nSPS) is 11.5. The minimum atomic E-state index is -3.66. The number of carbonyl (C=O) groups is 1. The van der Waals surface area contributed by atoms with Crippen LogP contribution in [-0.4, -0.2) is 32.1 Å². The molecule has 4 aromatic rings. The second-order valence-corrected chi connectivity index (χ2v) is 10.9. The third kappa shape index (κ3) is 5.97. The number of fused-ring (bicyclic) bond motifs is 1. The lowest BCUT2D eigenvalue weighted by Gasteiger charge is -2.22. The van der Waals surface area contributed by atoms with E-state index in [2.05, 4.69) is 52.3 Å². The van der Waals surface area contributed by atoms with Crippen LogP contribution in [0, 0.1) is 6.92 Å². The molecule has 1 N–H and O–H groups in total. The minimum Gasteiger partial charge on any atom is -0.343 e. The predicted molar refractivity (Wildman–Crippen MR) is 134 cm³/mol. The molecule has 0 saturated carbocycles. The third-order valence-electron chi connectivity index (χ3n) is 5.25. The number of rotatable bonds is 8. The fourth-order valence-electron chi connectivity index (χ4n) is 3.65. The Morgan fingerprint density at radius 3 is 2.39 bits per heavy atom. The Labute approximate surface area is 198 Å². The van der Waals surface area contributed by atoms with E-state index in [1.165, 1.54) is 27.7 Å². The topological polar surface area (TPSA) is 79.4 Å². The van der Waals surface area contributed by atoms with E-state index in [4.69, 9.17) is 0 Å². The van der Waals surface area contributed by atoms with Crippen molar-refractivity contribution >= 4 is 43.2 Å². The number of thiazole rings is 1. The first-order valence-corrected chi connectivity index (χ1v) is 13.3. The molecular formula is C25H25N3O3S2. The standard InChI is InChI=1S/C25H25N3O3S2/c1-18-23(24(29)27-33(2,30)31)26-25(32-18)28(17-20-8-4-3-5-9-20)15-14-19-12-13-21-10-6-7-11-22(21)16-19/h3-13,16H,14-15,17H2,1-2H3,(H,27,29). The zero-order chi connectivity index (χ0) is 23.4. The average molecular weight is 480 g/mol. The second-order valence-electron chi connectivity index (χ2n) is 7.94. The first kappa shape index (κ1) is 22.9. The number of anilines is 1. The van der Waals surface area contributed by atoms with Crippen LogP contribution in [0.15, 0.2) is 72.8 Å². The van der Waals surface area contributed by atoms with E-state index in [-0.39, 0.29) is 5.69 Å². The van der Waals surface area contributed by atoms with Gasteiger partial charge in [-0.3, -0.25) is 4.79 Å². The van der Waals surface area contributed by atoms with Crippen molar-refractivity contribution in [3.05, 3.63) is 94.5 Å². The van der Waals surface area contributed by atoms with Crippen molar-refractivity contribution in [2.75, 3.05) is 17.7 Å². The summed E-state index contributed by atoms with van der Waals surface area (Å²) < 4.78 is 25.0. The lowest BCUT2D eigenvalue weighted by Crippen LogP contribution is -2.30. The van der Waals surface area contributed by atoms with Crippen LogP contribution in [0.4, 0.5) is 5.13 Å². The maximum atomic E-state index is 12.4. The highest BCUT2D eigenvalue weighted by Crippen LogP contribution is 2.28. The van der Waals surface area contributed by atoms with Gasteiger partial charge < -0.3 is 4.90 Å². The summed E-state index contributed by atoms with van der Waals surface area (Å²) in [4.78, 5) is 19.7. The SMILES string of the molecule is Cc1sc(N(CCc2ccc3ccccc3c2)Cc2ccccc2)nc1C(=O)NS(C)(=O)=O. The summed E-state index contributed by atoms with van der Waals surface area (Å²) in [5.74, 6) is -0.702. The Morgan fingerprint density at radius 1 is 0.970 bits per heavy atom. The Hall–Kier alpha value is -3.23. The van der Waals surface area contributed by atoms with Gasteiger partial charge in [-0.25, -0.2) is 18.1 Å². The Bertz CT molecular complexity index is 1380. The number of hydrogen-bond acceptors (Lipinski definition) is 6. The van der Waals surface area contributed by atoms with Crippen LogP contribution >= 0.6 is 11.3 Å². The fraction of sp³-hybridized carbons (Fsp3) is 0.200. The van der Waals surface area contributed by atoms with Crippen molar-refractivity contribution in [3.63, 3.8) is 0 Å². The quantitative estimate of drug-likeness (QED) is 0.401. The summed E-state index contributed by atoms with van der Waals surface area (Å²) in [6.45, 7) is 3.12. The first-order valence-electron chi connectivity index (χ1n) is 10.5. The number of carbonyl (C=O) groups excluding carboxylic acids is 1. The van der Waals surface area contributed by atoms with Gasteiger partial charge in [-0.15, -0.1) is 11.3 Å². The minimum absolute atomic E-state index is 0.143. The molecule has 0 aliphatic rings. The van der Waals surface area contributed by atoms with Crippen molar-refractivity contribution in [1.29, 1.82) is 0 Å². The second kappa shape index (κ2) is 9.72. The maximum Gasteiger partial charge on any atom is 0.284 e. The van der Waals surface area contributed by atoms with Crippen molar-refractivity contribution in [2.45, 2.75) is 19.9 Å². The van der Waals surface area contributed by atoms with Crippen molar-refractivity contribution < 1.29 is 13.2 Å². The summed E-state index contributed by atoms with van der Waals surface area (Å²) in [6.07, 6.45) is 1.76. The number of nitrogens with one attached hydrogen (secondary N) is 1. The molecule has 0 aliphatic heterocycles. The van der Waals surface area contributed by atoms with Gasteiger partial charge in [-0.1, -0.05) is 72.8 Å². The van der Waals surface area contributed by atoms with E-state index in [1.54, 1.807) is 6.92 Å². The van der Waals surface area contributed by atoms with E-state index >= 15 is 0 Å². The number of sulfonamides is 1. The Kier molecular flexibility index (Phi) is 6.76. The average Bonchev–Trinajstić information content (AvgIpc) is 3.17. The number of benzene rings is 3. The molecule has 0 fully saturated rings. The number of hydrogen-bond donors (Lipinski definition) is 1. The van der Waals surface area contributed by atoms with Crippen molar-refractivity contribution in [2.24, 2.45) is 0 Å². The van der Waals surface area contributed by atoms with E-state index < -0.39 is 15.9 Å². The fourth-order valence-corrected chi connectivity index (χ4v) is 5.01. The third-order valence-corrected chi connectivity index (χ3v) is 6.84. The molecular weight excluding hydrogens is 454 g/mol. The molecule has 170 valence electrons. The van der Waals surface area contributed by atoms with Gasteiger partial charge in [0.25, 0.3) is 5.91 Å². The van der Waals surface area contributed by atoms with E-state index in [0.717, 1.165) is 18.2 Å². The first-order chi connectivity index (χ1) is 15.8. The van der Waals surface area contributed by atoms with Gasteiger partial charge in [0.1, 0.15) is 5.69 Å². The van der Waals surface area contributed by atoms with Crippen LogP contribution < -0.4 is 9.62 Å². The van der Waals surface area contributed by atoms with Crippen LogP contribution in [-0.2, 0) is 23.0 Å². The van der Waals surface area contributed by atoms with Gasteiger partial charge in [0.2, 0.25) is 10.0 Å². The maximum absolute atomic E-state index is 12.4. The number of amides is 1. The highest BCUT2D eigenvalue weighted by Gasteiger charge is 2.21. The highest BCUT2D eigenvalue weighted by atomic mass is 32.2. The molecule has 0 radical (unpaired) electrons. The lowest BCUT2D eigenvalue weighted by atomic mass is 10.0. The zero-order valence-electron chi connectivity index (χ0n) is 18.5. The number of aromatic nitrogens is 1. The van der Waals surface area contributed by atoms with Crippen LogP contribution in [0.3, 0.4) is 0 Å². The predicted octanol–water partition coefficient (Wildman–Crippen LogP) is 4.54. The molecule has 33 heavy (non-hydrogen) atoms. The van der Waals surface area contributed by atoms with E-state index in [9.17, 15) is 13.2 Å². The van der Waals surface area contributed by atoms with Crippen LogP contribution in [0.5, 0.6) is 0 Å². The Balaban J connectivity index is 1.59. The van der Waals surface area contributed by atoms with E-state index in [0.29, 0.717) is 23.1 Å². The largest absolute Gasteiger partial charge is 0.343 e. The molecule has 0 bridgehead atoms. The van der Waals surface area contributed by atoms with Crippen LogP contribution in [0.25, 0.3) is 10.8 Å². The molecule has 0 aliphatic carbocycles. The monoisotopic (exact) mass is 479 g/mol. The highest BCUT2D eigenvalue weighted by molar-refractivity contribution is 7.89. The van der Waals surface area contributed by atoms with E-state index in [1.807, 2.05) is 35.1 Å². The molecule has 0 spiro atoms. The zero-order valence-corrected chi connectivity index (χ0v) is 20.1. The molecule has 1 amide bonds. The summed E-state index contributed by atoms with van der Waals surface area (Å²) in [6, 6.07) is 24.8.